The molecule has 1 N–H and O–H groups in total. The Labute approximate surface area is 91.7 Å². The van der Waals surface area contributed by atoms with Crippen LogP contribution in [0.4, 0.5) is 5.69 Å². The van der Waals surface area contributed by atoms with Crippen molar-refractivity contribution >= 4 is 11.6 Å². The summed E-state index contributed by atoms with van der Waals surface area (Å²) in [6.45, 7) is 7.27. The van der Waals surface area contributed by atoms with E-state index in [0.29, 0.717) is 0 Å². The third kappa shape index (κ3) is 5.53. The summed E-state index contributed by atoms with van der Waals surface area (Å²) in [5, 5.41) is 2.70. The molecule has 1 amide bonds. The van der Waals surface area contributed by atoms with Crippen molar-refractivity contribution in [2.75, 3.05) is 5.32 Å². The van der Waals surface area contributed by atoms with Crippen LogP contribution in [0.5, 0.6) is 0 Å². The minimum absolute atomic E-state index is 0.0680. The number of anilines is 1. The molecule has 80 valence electrons. The number of nitrogens with one attached hydrogen (secondary N) is 1. The van der Waals surface area contributed by atoms with Crippen LogP contribution >= 0.6 is 0 Å². The van der Waals surface area contributed by atoms with Gasteiger partial charge in [-0.15, -0.1) is 5.92 Å². The van der Waals surface area contributed by atoms with Crippen LogP contribution < -0.4 is 5.32 Å². The van der Waals surface area contributed by atoms with Gasteiger partial charge in [0.2, 0.25) is 5.91 Å². The fraction of sp³-hybridized carbons (Fsp3) is 0.308. The lowest BCUT2D eigenvalue weighted by atomic mass is 10.2. The van der Waals surface area contributed by atoms with E-state index in [0.717, 1.165) is 11.3 Å². The standard InChI is InChI=1S/C11H11NO.C2H6/c1-3-5-10-6-4-7-11(8-10)12-9(2)13;1-2/h4,6-8H,1-2H3,(H,12,13);1-2H3. The molecule has 1 aromatic carbocycles. The van der Waals surface area contributed by atoms with Gasteiger partial charge in [-0.1, -0.05) is 25.8 Å². The van der Waals surface area contributed by atoms with Crippen molar-refractivity contribution in [2.45, 2.75) is 27.7 Å². The number of hydrogen-bond acceptors (Lipinski definition) is 1. The van der Waals surface area contributed by atoms with Crippen LogP contribution in [-0.4, -0.2) is 5.91 Å². The van der Waals surface area contributed by atoms with Crippen molar-refractivity contribution in [3.05, 3.63) is 29.8 Å². The van der Waals surface area contributed by atoms with Gasteiger partial charge in [0.05, 0.1) is 0 Å². The molecule has 0 heterocycles. The van der Waals surface area contributed by atoms with Gasteiger partial charge in [-0.05, 0) is 25.1 Å². The van der Waals surface area contributed by atoms with Crippen molar-refractivity contribution < 1.29 is 4.79 Å². The minimum atomic E-state index is -0.0680. The lowest BCUT2D eigenvalue weighted by Crippen LogP contribution is -2.05. The summed E-state index contributed by atoms with van der Waals surface area (Å²) in [6, 6.07) is 7.45. The number of carbonyl (C=O) groups excluding carboxylic acids is 1. The summed E-state index contributed by atoms with van der Waals surface area (Å²) in [7, 11) is 0. The van der Waals surface area contributed by atoms with E-state index in [-0.39, 0.29) is 5.91 Å². The molecular formula is C13H17NO. The third-order valence-corrected chi connectivity index (χ3v) is 1.45. The molecule has 0 saturated carbocycles. The first kappa shape index (κ1) is 13.2. The van der Waals surface area contributed by atoms with Gasteiger partial charge in [0, 0.05) is 18.2 Å². The Morgan fingerprint density at radius 2 is 2.00 bits per heavy atom. The van der Waals surface area contributed by atoms with Crippen LogP contribution in [0, 0.1) is 11.8 Å². The molecule has 0 aromatic heterocycles. The maximum absolute atomic E-state index is 10.7. The van der Waals surface area contributed by atoms with Gasteiger partial charge < -0.3 is 5.32 Å². The Kier molecular flexibility index (Phi) is 6.74. The van der Waals surface area contributed by atoms with E-state index in [1.165, 1.54) is 6.92 Å². The lowest BCUT2D eigenvalue weighted by Gasteiger charge is -2.00. The number of rotatable bonds is 1. The van der Waals surface area contributed by atoms with Gasteiger partial charge in [0.25, 0.3) is 0 Å². The van der Waals surface area contributed by atoms with Gasteiger partial charge >= 0.3 is 0 Å². The normalized spacial score (nSPS) is 7.73. The molecule has 0 aliphatic carbocycles. The molecule has 0 aliphatic heterocycles. The summed E-state index contributed by atoms with van der Waals surface area (Å²) in [6.07, 6.45) is 0. The summed E-state index contributed by atoms with van der Waals surface area (Å²) >= 11 is 0. The molecule has 0 fully saturated rings. The largest absolute Gasteiger partial charge is 0.326 e. The average Bonchev–Trinajstić information content (AvgIpc) is 2.21. The van der Waals surface area contributed by atoms with Gasteiger partial charge in [-0.2, -0.15) is 0 Å². The van der Waals surface area contributed by atoms with Crippen LogP contribution in [0.3, 0.4) is 0 Å². The second-order valence-corrected chi connectivity index (χ2v) is 2.64. The zero-order chi connectivity index (χ0) is 11.7. The first-order valence-electron chi connectivity index (χ1n) is 5.03. The molecule has 0 bridgehead atoms. The SMILES string of the molecule is CC.CC#Cc1cccc(NC(C)=O)c1. The Morgan fingerprint density at radius 3 is 2.53 bits per heavy atom. The molecule has 15 heavy (non-hydrogen) atoms. The monoisotopic (exact) mass is 203 g/mol. The van der Waals surface area contributed by atoms with Gasteiger partial charge in [0.1, 0.15) is 0 Å². The van der Waals surface area contributed by atoms with Crippen molar-refractivity contribution in [1.82, 2.24) is 0 Å². The quantitative estimate of drug-likeness (QED) is 0.698. The van der Waals surface area contributed by atoms with Gasteiger partial charge in [-0.25, -0.2) is 0 Å². The summed E-state index contributed by atoms with van der Waals surface area (Å²) in [5.41, 5.74) is 1.70. The number of hydrogen-bond donors (Lipinski definition) is 1. The molecule has 1 rings (SSSR count). The third-order valence-electron chi connectivity index (χ3n) is 1.45. The van der Waals surface area contributed by atoms with Gasteiger partial charge in [0.15, 0.2) is 0 Å². The lowest BCUT2D eigenvalue weighted by molar-refractivity contribution is -0.114. The molecule has 0 saturated heterocycles. The van der Waals surface area contributed by atoms with Crippen molar-refractivity contribution in [3.8, 4) is 11.8 Å². The van der Waals surface area contributed by atoms with Crippen molar-refractivity contribution in [1.29, 1.82) is 0 Å². The van der Waals surface area contributed by atoms with E-state index in [9.17, 15) is 4.79 Å². The van der Waals surface area contributed by atoms with E-state index in [4.69, 9.17) is 0 Å². The zero-order valence-corrected chi connectivity index (χ0v) is 9.72. The topological polar surface area (TPSA) is 29.1 Å². The molecule has 0 radical (unpaired) electrons. The molecule has 0 spiro atoms. The Hall–Kier alpha value is -1.75. The van der Waals surface area contributed by atoms with Crippen molar-refractivity contribution in [3.63, 3.8) is 0 Å². The highest BCUT2D eigenvalue weighted by Gasteiger charge is 1.94. The van der Waals surface area contributed by atoms with Crippen LogP contribution in [0.2, 0.25) is 0 Å². The Bertz CT molecular complexity index is 372. The Morgan fingerprint density at radius 1 is 1.33 bits per heavy atom. The molecule has 0 atom stereocenters. The van der Waals surface area contributed by atoms with E-state index >= 15 is 0 Å². The highest BCUT2D eigenvalue weighted by Crippen LogP contribution is 2.09. The molecule has 2 nitrogen and oxygen atoms in total. The summed E-state index contributed by atoms with van der Waals surface area (Å²) < 4.78 is 0. The van der Waals surface area contributed by atoms with E-state index < -0.39 is 0 Å². The second kappa shape index (κ2) is 7.64. The first-order chi connectivity index (χ1) is 7.22. The second-order valence-electron chi connectivity index (χ2n) is 2.64. The molecule has 0 aliphatic rings. The summed E-state index contributed by atoms with van der Waals surface area (Å²) in [4.78, 5) is 10.7. The number of amides is 1. The molecule has 1 aromatic rings. The fourth-order valence-electron chi connectivity index (χ4n) is 1.02. The Balaban J connectivity index is 0.000000921. The number of benzene rings is 1. The highest BCUT2D eigenvalue weighted by atomic mass is 16.1. The van der Waals surface area contributed by atoms with Crippen LogP contribution in [-0.2, 0) is 4.79 Å². The van der Waals surface area contributed by atoms with Crippen LogP contribution in [0.15, 0.2) is 24.3 Å². The van der Waals surface area contributed by atoms with E-state index in [2.05, 4.69) is 17.2 Å². The van der Waals surface area contributed by atoms with Crippen LogP contribution in [0.25, 0.3) is 0 Å². The van der Waals surface area contributed by atoms with E-state index in [1.54, 1.807) is 6.92 Å². The smallest absolute Gasteiger partial charge is 0.221 e. The van der Waals surface area contributed by atoms with Crippen LogP contribution in [0.1, 0.15) is 33.3 Å². The predicted molar refractivity (Wildman–Crippen MR) is 64.6 cm³/mol. The maximum atomic E-state index is 10.7. The minimum Gasteiger partial charge on any atom is -0.326 e. The highest BCUT2D eigenvalue weighted by molar-refractivity contribution is 5.88. The predicted octanol–water partition coefficient (Wildman–Crippen LogP) is 3.04. The fourth-order valence-corrected chi connectivity index (χ4v) is 1.02. The molecule has 2 heteroatoms. The maximum Gasteiger partial charge on any atom is 0.221 e. The van der Waals surface area contributed by atoms with Crippen molar-refractivity contribution in [2.24, 2.45) is 0 Å². The zero-order valence-electron chi connectivity index (χ0n) is 9.72. The average molecular weight is 203 g/mol. The first-order valence-corrected chi connectivity index (χ1v) is 5.03. The molecular weight excluding hydrogens is 186 g/mol. The van der Waals surface area contributed by atoms with E-state index in [1.807, 2.05) is 38.1 Å². The number of carbonyl (C=O) groups is 1. The summed E-state index contributed by atoms with van der Waals surface area (Å²) in [5.74, 6) is 5.65. The van der Waals surface area contributed by atoms with Gasteiger partial charge in [-0.3, -0.25) is 4.79 Å². The molecule has 0 unspecified atom stereocenters.